The molecule has 0 saturated heterocycles. The molecule has 1 amide bonds. The average molecular weight is 492 g/mol. The second-order valence-corrected chi connectivity index (χ2v) is 7.43. The number of hydrogen-bond donors (Lipinski definition) is 1. The highest BCUT2D eigenvalue weighted by Gasteiger charge is 2.30. The van der Waals surface area contributed by atoms with Crippen LogP contribution >= 0.6 is 0 Å². The summed E-state index contributed by atoms with van der Waals surface area (Å²) in [5.41, 5.74) is -2.72. The van der Waals surface area contributed by atoms with E-state index in [1.807, 2.05) is 0 Å². The molecule has 0 bridgehead atoms. The molecule has 0 spiro atoms. The van der Waals surface area contributed by atoms with Crippen LogP contribution in [0.25, 0.3) is 5.69 Å². The van der Waals surface area contributed by atoms with Gasteiger partial charge in [0.2, 0.25) is 5.69 Å². The molecule has 0 saturated carbocycles. The van der Waals surface area contributed by atoms with E-state index in [-0.39, 0.29) is 24.3 Å². The van der Waals surface area contributed by atoms with Crippen LogP contribution in [0, 0.1) is 0 Å². The molecule has 3 aromatic rings. The number of benzene rings is 2. The molecule has 35 heavy (non-hydrogen) atoms. The molecule has 186 valence electrons. The number of aromatic nitrogens is 3. The number of carbonyl (C=O) groups is 1. The van der Waals surface area contributed by atoms with Crippen molar-refractivity contribution in [3.63, 3.8) is 0 Å². The van der Waals surface area contributed by atoms with Crippen LogP contribution in [0.4, 0.5) is 13.2 Å². The minimum atomic E-state index is -4.53. The zero-order valence-electron chi connectivity index (χ0n) is 19.0. The Hall–Kier alpha value is -3.93. The van der Waals surface area contributed by atoms with Crippen LogP contribution in [0.5, 0.6) is 5.75 Å². The van der Waals surface area contributed by atoms with E-state index in [1.165, 1.54) is 26.4 Å². The van der Waals surface area contributed by atoms with Crippen molar-refractivity contribution in [2.24, 2.45) is 0 Å². The van der Waals surface area contributed by atoms with Crippen LogP contribution in [0.3, 0.4) is 0 Å². The normalized spacial score (nSPS) is 11.3. The first-order valence-electron chi connectivity index (χ1n) is 10.5. The highest BCUT2D eigenvalue weighted by molar-refractivity contribution is 5.91. The maximum absolute atomic E-state index is 13.2. The van der Waals surface area contributed by atoms with E-state index in [0.29, 0.717) is 18.8 Å². The van der Waals surface area contributed by atoms with Crippen molar-refractivity contribution in [2.75, 3.05) is 27.4 Å². The Balaban J connectivity index is 2.06. The molecule has 1 N–H and O–H groups in total. The highest BCUT2D eigenvalue weighted by atomic mass is 19.4. The number of nitrogens with one attached hydrogen (secondary N) is 1. The molecule has 9 nitrogen and oxygen atoms in total. The van der Waals surface area contributed by atoms with Crippen molar-refractivity contribution in [2.45, 2.75) is 19.1 Å². The molecule has 2 aromatic carbocycles. The van der Waals surface area contributed by atoms with E-state index in [0.717, 1.165) is 33.5 Å². The van der Waals surface area contributed by atoms with Crippen molar-refractivity contribution in [3.8, 4) is 11.4 Å². The second kappa shape index (κ2) is 11.0. The van der Waals surface area contributed by atoms with E-state index in [1.54, 1.807) is 12.1 Å². The molecular formula is C23H23F3N4O5. The molecule has 3 rings (SSSR count). The zero-order valence-corrected chi connectivity index (χ0v) is 19.0. The Morgan fingerprint density at radius 2 is 1.69 bits per heavy atom. The fourth-order valence-corrected chi connectivity index (χ4v) is 3.17. The number of rotatable bonds is 9. The van der Waals surface area contributed by atoms with Gasteiger partial charge in [-0.2, -0.15) is 23.0 Å². The van der Waals surface area contributed by atoms with Crippen molar-refractivity contribution >= 4 is 5.91 Å². The van der Waals surface area contributed by atoms with Gasteiger partial charge >= 0.3 is 11.9 Å². The summed E-state index contributed by atoms with van der Waals surface area (Å²) < 4.78 is 50.3. The zero-order chi connectivity index (χ0) is 25.6. The van der Waals surface area contributed by atoms with Gasteiger partial charge in [-0.25, -0.2) is 4.79 Å². The molecule has 0 aliphatic heterocycles. The number of amides is 1. The summed E-state index contributed by atoms with van der Waals surface area (Å²) in [7, 11) is 2.98. The van der Waals surface area contributed by atoms with Gasteiger partial charge in [0.25, 0.3) is 11.5 Å². The fraction of sp³-hybridized carbons (Fsp3) is 0.304. The quantitative estimate of drug-likeness (QED) is 0.460. The van der Waals surface area contributed by atoms with Crippen LogP contribution in [0.1, 0.15) is 28.0 Å². The van der Waals surface area contributed by atoms with E-state index < -0.39 is 34.6 Å². The van der Waals surface area contributed by atoms with Gasteiger partial charge in [-0.3, -0.25) is 14.2 Å². The van der Waals surface area contributed by atoms with Crippen molar-refractivity contribution in [1.82, 2.24) is 19.7 Å². The molecule has 0 radical (unpaired) electrons. The maximum Gasteiger partial charge on any atom is 0.416 e. The van der Waals surface area contributed by atoms with Crippen molar-refractivity contribution in [1.29, 1.82) is 0 Å². The van der Waals surface area contributed by atoms with Crippen LogP contribution in [0.2, 0.25) is 0 Å². The third-order valence-corrected chi connectivity index (χ3v) is 5.02. The number of hydrogen-bond acceptors (Lipinski definition) is 6. The predicted molar refractivity (Wildman–Crippen MR) is 120 cm³/mol. The maximum atomic E-state index is 13.2. The summed E-state index contributed by atoms with van der Waals surface area (Å²) in [6.07, 6.45) is -4.04. The number of halogens is 3. The van der Waals surface area contributed by atoms with Crippen molar-refractivity contribution < 1.29 is 27.4 Å². The molecular weight excluding hydrogens is 469 g/mol. The van der Waals surface area contributed by atoms with E-state index in [4.69, 9.17) is 9.47 Å². The number of methoxy groups -OCH3 is 2. The van der Waals surface area contributed by atoms with E-state index in [9.17, 15) is 27.6 Å². The third-order valence-electron chi connectivity index (χ3n) is 5.02. The average Bonchev–Trinajstić information content (AvgIpc) is 2.84. The van der Waals surface area contributed by atoms with Gasteiger partial charge < -0.3 is 14.8 Å². The summed E-state index contributed by atoms with van der Waals surface area (Å²) in [5, 5.41) is 6.53. The predicted octanol–water partition coefficient (Wildman–Crippen LogP) is 2.24. The first-order chi connectivity index (χ1) is 16.7. The fourth-order valence-electron chi connectivity index (χ4n) is 3.17. The Morgan fingerprint density at radius 1 is 1.03 bits per heavy atom. The Bertz CT molecular complexity index is 1280. The molecule has 1 heterocycles. The third kappa shape index (κ3) is 6.15. The van der Waals surface area contributed by atoms with Gasteiger partial charge in [0.1, 0.15) is 5.75 Å². The lowest BCUT2D eigenvalue weighted by atomic mass is 10.1. The molecule has 0 atom stereocenters. The highest BCUT2D eigenvalue weighted by Crippen LogP contribution is 2.29. The van der Waals surface area contributed by atoms with Crippen LogP contribution < -0.4 is 21.3 Å². The lowest BCUT2D eigenvalue weighted by Gasteiger charge is -2.13. The summed E-state index contributed by atoms with van der Waals surface area (Å²) in [6.45, 7) is 0.226. The lowest BCUT2D eigenvalue weighted by molar-refractivity contribution is -0.137. The topological polar surface area (TPSA) is 104 Å². The first-order valence-corrected chi connectivity index (χ1v) is 10.5. The molecule has 0 aliphatic rings. The molecule has 0 fully saturated rings. The smallest absolute Gasteiger partial charge is 0.416 e. The molecule has 0 unspecified atom stereocenters. The lowest BCUT2D eigenvalue weighted by Crippen LogP contribution is -2.46. The van der Waals surface area contributed by atoms with Crippen LogP contribution in [-0.4, -0.2) is 47.6 Å². The monoisotopic (exact) mass is 492 g/mol. The summed E-state index contributed by atoms with van der Waals surface area (Å²) >= 11 is 0. The van der Waals surface area contributed by atoms with Gasteiger partial charge in [0.15, 0.2) is 0 Å². The minimum absolute atomic E-state index is 0.203. The van der Waals surface area contributed by atoms with Gasteiger partial charge in [-0.05, 0) is 48.4 Å². The summed E-state index contributed by atoms with van der Waals surface area (Å²) in [6, 6.07) is 10.2. The van der Waals surface area contributed by atoms with Crippen LogP contribution in [0.15, 0.2) is 58.1 Å². The number of carbonyl (C=O) groups excluding carboxylic acids is 1. The second-order valence-electron chi connectivity index (χ2n) is 7.43. The summed E-state index contributed by atoms with van der Waals surface area (Å²) in [5.74, 6) is -0.287. The Kier molecular flexibility index (Phi) is 8.07. The van der Waals surface area contributed by atoms with Gasteiger partial charge in [-0.15, -0.1) is 0 Å². The number of nitrogens with zero attached hydrogens (tertiary/aromatic N) is 3. The molecule has 0 aliphatic carbocycles. The Labute approximate surface area is 197 Å². The molecule has 1 aromatic heterocycles. The van der Waals surface area contributed by atoms with Gasteiger partial charge in [-0.1, -0.05) is 12.1 Å². The standard InChI is InChI=1S/C23H23F3N4O5/c1-34-13-3-12-27-20(31)19-21(32)29(14-15-4-6-16(7-5-15)23(24,25)26)22(33)30(28-19)17-8-10-18(35-2)11-9-17/h4-11H,3,12-14H2,1-2H3,(H,27,31). The number of alkyl halides is 3. The SMILES string of the molecule is COCCCNC(=O)c1nn(-c2ccc(OC)cc2)c(=O)n(Cc2ccc(C(F)(F)F)cc2)c1=O. The Morgan fingerprint density at radius 3 is 2.26 bits per heavy atom. The van der Waals surface area contributed by atoms with Gasteiger partial charge in [0, 0.05) is 20.3 Å². The van der Waals surface area contributed by atoms with Crippen LogP contribution in [-0.2, 0) is 17.5 Å². The number of ether oxygens (including phenoxy) is 2. The molecule has 12 heteroatoms. The van der Waals surface area contributed by atoms with E-state index >= 15 is 0 Å². The minimum Gasteiger partial charge on any atom is -0.497 e. The largest absolute Gasteiger partial charge is 0.497 e. The summed E-state index contributed by atoms with van der Waals surface area (Å²) in [4.78, 5) is 38.9. The first kappa shape index (κ1) is 25.7. The van der Waals surface area contributed by atoms with Gasteiger partial charge in [0.05, 0.1) is 24.9 Å². The van der Waals surface area contributed by atoms with Crippen molar-refractivity contribution in [3.05, 3.63) is 86.2 Å². The van der Waals surface area contributed by atoms with E-state index in [2.05, 4.69) is 10.4 Å².